The minimum Gasteiger partial charge on any atom is -0.497 e. The first-order valence-electron chi connectivity index (χ1n) is 4.85. The number of methoxy groups -OCH3 is 1. The van der Waals surface area contributed by atoms with Crippen LogP contribution in [0.2, 0.25) is 0 Å². The highest BCUT2D eigenvalue weighted by molar-refractivity contribution is 7.89. The van der Waals surface area contributed by atoms with Crippen molar-refractivity contribution in [1.29, 1.82) is 0 Å². The maximum Gasteiger partial charge on any atom is 0.240 e. The highest BCUT2D eigenvalue weighted by Crippen LogP contribution is 2.14. The molecular weight excluding hydrogens is 228 g/mol. The standard InChI is InChI=1S/C10H16N2O3S/c1-8(11)7-12-16(13,14)10-5-3-9(15-2)4-6-10/h3-6,8,12H,7,11H2,1-2H3. The van der Waals surface area contributed by atoms with Crippen LogP contribution in [0.4, 0.5) is 0 Å². The van der Waals surface area contributed by atoms with E-state index in [0.29, 0.717) is 5.75 Å². The highest BCUT2D eigenvalue weighted by Gasteiger charge is 2.13. The first-order valence-corrected chi connectivity index (χ1v) is 6.33. The minimum absolute atomic E-state index is 0.203. The van der Waals surface area contributed by atoms with Gasteiger partial charge in [-0.15, -0.1) is 0 Å². The van der Waals surface area contributed by atoms with Crippen LogP contribution >= 0.6 is 0 Å². The molecule has 16 heavy (non-hydrogen) atoms. The van der Waals surface area contributed by atoms with Crippen LogP contribution in [0.25, 0.3) is 0 Å². The van der Waals surface area contributed by atoms with Gasteiger partial charge in [0.05, 0.1) is 12.0 Å². The molecule has 0 aromatic heterocycles. The SMILES string of the molecule is COc1ccc(S(=O)(=O)NCC(C)N)cc1. The maximum absolute atomic E-state index is 11.7. The van der Waals surface area contributed by atoms with Crippen molar-refractivity contribution in [2.24, 2.45) is 5.73 Å². The Morgan fingerprint density at radius 3 is 2.38 bits per heavy atom. The topological polar surface area (TPSA) is 81.4 Å². The van der Waals surface area contributed by atoms with Crippen molar-refractivity contribution in [2.75, 3.05) is 13.7 Å². The smallest absolute Gasteiger partial charge is 0.240 e. The third-order valence-electron chi connectivity index (χ3n) is 1.97. The molecule has 1 unspecified atom stereocenters. The van der Waals surface area contributed by atoms with Gasteiger partial charge in [0.25, 0.3) is 0 Å². The van der Waals surface area contributed by atoms with Crippen molar-refractivity contribution in [1.82, 2.24) is 4.72 Å². The molecule has 1 rings (SSSR count). The predicted molar refractivity (Wildman–Crippen MR) is 61.8 cm³/mol. The van der Waals surface area contributed by atoms with Gasteiger partial charge in [0, 0.05) is 12.6 Å². The Kier molecular flexibility index (Phi) is 4.28. The second kappa shape index (κ2) is 5.29. The van der Waals surface area contributed by atoms with Gasteiger partial charge in [-0.2, -0.15) is 0 Å². The van der Waals surface area contributed by atoms with Crippen molar-refractivity contribution in [3.05, 3.63) is 24.3 Å². The van der Waals surface area contributed by atoms with Crippen LogP contribution in [0.15, 0.2) is 29.2 Å². The third kappa shape index (κ3) is 3.48. The molecule has 1 aromatic carbocycles. The number of ether oxygens (including phenoxy) is 1. The summed E-state index contributed by atoms with van der Waals surface area (Å²) in [5.41, 5.74) is 5.48. The molecule has 1 aromatic rings. The van der Waals surface area contributed by atoms with Crippen LogP contribution in [-0.4, -0.2) is 28.1 Å². The molecule has 0 radical (unpaired) electrons. The van der Waals surface area contributed by atoms with E-state index < -0.39 is 10.0 Å². The van der Waals surface area contributed by atoms with Crippen molar-refractivity contribution in [3.8, 4) is 5.75 Å². The second-order valence-corrected chi connectivity index (χ2v) is 5.27. The fourth-order valence-electron chi connectivity index (χ4n) is 1.08. The molecule has 6 heteroatoms. The molecule has 0 aliphatic heterocycles. The molecule has 0 aliphatic rings. The summed E-state index contributed by atoms with van der Waals surface area (Å²) in [6.45, 7) is 1.95. The Labute approximate surface area is 95.7 Å². The molecule has 3 N–H and O–H groups in total. The summed E-state index contributed by atoms with van der Waals surface area (Å²) >= 11 is 0. The fourth-order valence-corrected chi connectivity index (χ4v) is 2.22. The van der Waals surface area contributed by atoms with Crippen LogP contribution in [-0.2, 0) is 10.0 Å². The van der Waals surface area contributed by atoms with E-state index in [1.165, 1.54) is 19.2 Å². The van der Waals surface area contributed by atoms with Crippen LogP contribution in [0.1, 0.15) is 6.92 Å². The highest BCUT2D eigenvalue weighted by atomic mass is 32.2. The molecule has 1 atom stereocenters. The van der Waals surface area contributed by atoms with Gasteiger partial charge in [0.1, 0.15) is 5.75 Å². The number of benzene rings is 1. The molecular formula is C10H16N2O3S. The summed E-state index contributed by atoms with van der Waals surface area (Å²) in [5.74, 6) is 0.617. The van der Waals surface area contributed by atoms with Crippen LogP contribution in [0.5, 0.6) is 5.75 Å². The second-order valence-electron chi connectivity index (χ2n) is 3.50. The Bertz CT molecular complexity index is 426. The predicted octanol–water partition coefficient (Wildman–Crippen LogP) is 0.321. The van der Waals surface area contributed by atoms with Gasteiger partial charge in [-0.25, -0.2) is 13.1 Å². The summed E-state index contributed by atoms with van der Waals surface area (Å²) < 4.78 is 30.8. The van der Waals surface area contributed by atoms with Gasteiger partial charge in [0.2, 0.25) is 10.0 Å². The molecule has 5 nitrogen and oxygen atoms in total. The quantitative estimate of drug-likeness (QED) is 0.781. The van der Waals surface area contributed by atoms with E-state index in [1.807, 2.05) is 0 Å². The van der Waals surface area contributed by atoms with Gasteiger partial charge in [-0.05, 0) is 31.2 Å². The van der Waals surface area contributed by atoms with Crippen LogP contribution < -0.4 is 15.2 Å². The molecule has 0 aliphatic carbocycles. The van der Waals surface area contributed by atoms with E-state index in [4.69, 9.17) is 10.5 Å². The lowest BCUT2D eigenvalue weighted by atomic mass is 10.3. The monoisotopic (exact) mass is 244 g/mol. The maximum atomic E-state index is 11.7. The minimum atomic E-state index is -3.47. The third-order valence-corrected chi connectivity index (χ3v) is 3.40. The number of hydrogen-bond acceptors (Lipinski definition) is 4. The molecule has 90 valence electrons. The van der Waals surface area contributed by atoms with E-state index in [-0.39, 0.29) is 17.5 Å². The van der Waals surface area contributed by atoms with Crippen molar-refractivity contribution >= 4 is 10.0 Å². The first kappa shape index (κ1) is 13.0. The van der Waals surface area contributed by atoms with Crippen molar-refractivity contribution in [2.45, 2.75) is 17.9 Å². The molecule has 0 saturated carbocycles. The summed E-state index contributed by atoms with van der Waals surface area (Å²) in [4.78, 5) is 0.203. The molecule has 0 saturated heterocycles. The summed E-state index contributed by atoms with van der Waals surface area (Å²) in [7, 11) is -1.94. The molecule has 0 heterocycles. The Morgan fingerprint density at radius 1 is 1.38 bits per heavy atom. The van der Waals surface area contributed by atoms with Crippen molar-refractivity contribution in [3.63, 3.8) is 0 Å². The van der Waals surface area contributed by atoms with Crippen LogP contribution in [0, 0.1) is 0 Å². The van der Waals surface area contributed by atoms with Crippen molar-refractivity contribution < 1.29 is 13.2 Å². The lowest BCUT2D eigenvalue weighted by molar-refractivity contribution is 0.414. The van der Waals surface area contributed by atoms with E-state index >= 15 is 0 Å². The summed E-state index contributed by atoms with van der Waals surface area (Å²) in [5, 5.41) is 0. The van der Waals surface area contributed by atoms with Gasteiger partial charge in [-0.1, -0.05) is 0 Å². The number of rotatable bonds is 5. The number of hydrogen-bond donors (Lipinski definition) is 2. The Hall–Kier alpha value is -1.11. The average molecular weight is 244 g/mol. The summed E-state index contributed by atoms with van der Waals surface area (Å²) in [6, 6.07) is 5.96. The lowest BCUT2D eigenvalue weighted by Crippen LogP contribution is -2.35. The fraction of sp³-hybridized carbons (Fsp3) is 0.400. The first-order chi connectivity index (χ1) is 7.45. The van der Waals surface area contributed by atoms with E-state index in [0.717, 1.165) is 0 Å². The molecule has 0 fully saturated rings. The largest absolute Gasteiger partial charge is 0.497 e. The van der Waals surface area contributed by atoms with Gasteiger partial charge in [0.15, 0.2) is 0 Å². The molecule has 0 bridgehead atoms. The lowest BCUT2D eigenvalue weighted by Gasteiger charge is -2.09. The normalized spacial score (nSPS) is 13.4. The number of nitrogens with one attached hydrogen (secondary N) is 1. The molecule has 0 spiro atoms. The Balaban J connectivity index is 2.82. The van der Waals surface area contributed by atoms with E-state index in [2.05, 4.69) is 4.72 Å². The van der Waals surface area contributed by atoms with E-state index in [9.17, 15) is 8.42 Å². The summed E-state index contributed by atoms with van der Waals surface area (Å²) in [6.07, 6.45) is 0. The zero-order valence-electron chi connectivity index (χ0n) is 9.30. The van der Waals surface area contributed by atoms with Gasteiger partial charge in [-0.3, -0.25) is 0 Å². The Morgan fingerprint density at radius 2 is 1.94 bits per heavy atom. The average Bonchev–Trinajstić information content (AvgIpc) is 2.27. The van der Waals surface area contributed by atoms with E-state index in [1.54, 1.807) is 19.1 Å². The zero-order chi connectivity index (χ0) is 12.2. The molecule has 0 amide bonds. The van der Waals surface area contributed by atoms with Crippen LogP contribution in [0.3, 0.4) is 0 Å². The van der Waals surface area contributed by atoms with Gasteiger partial charge < -0.3 is 10.5 Å². The zero-order valence-corrected chi connectivity index (χ0v) is 10.1. The number of sulfonamides is 1. The number of nitrogens with two attached hydrogens (primary N) is 1. The van der Waals surface area contributed by atoms with Gasteiger partial charge >= 0.3 is 0 Å².